The van der Waals surface area contributed by atoms with Crippen LogP contribution in [0.4, 0.5) is 4.79 Å². The summed E-state index contributed by atoms with van der Waals surface area (Å²) in [6, 6.07) is 7.82. The van der Waals surface area contributed by atoms with Gasteiger partial charge in [-0.25, -0.2) is 4.79 Å². The molecular formula is C12H18N2O2. The predicted molar refractivity (Wildman–Crippen MR) is 63.4 cm³/mol. The van der Waals surface area contributed by atoms with Gasteiger partial charge in [-0.1, -0.05) is 24.3 Å². The molecule has 0 radical (unpaired) electrons. The van der Waals surface area contributed by atoms with E-state index in [1.165, 1.54) is 0 Å². The van der Waals surface area contributed by atoms with E-state index in [4.69, 9.17) is 10.8 Å². The lowest BCUT2D eigenvalue weighted by Gasteiger charge is -2.13. The van der Waals surface area contributed by atoms with Crippen LogP contribution < -0.4 is 11.1 Å². The van der Waals surface area contributed by atoms with E-state index >= 15 is 0 Å². The largest absolute Gasteiger partial charge is 0.465 e. The van der Waals surface area contributed by atoms with Crippen molar-refractivity contribution in [3.8, 4) is 0 Å². The van der Waals surface area contributed by atoms with E-state index in [2.05, 4.69) is 5.32 Å². The summed E-state index contributed by atoms with van der Waals surface area (Å²) in [5.41, 5.74) is 7.95. The molecule has 1 aromatic carbocycles. The SMILES string of the molecule is CC(Cc1cccc([C@H](C)N)c1)NC(=O)O. The Bertz CT molecular complexity index is 364. The number of hydrogen-bond acceptors (Lipinski definition) is 2. The molecule has 0 bridgehead atoms. The fraction of sp³-hybridized carbons (Fsp3) is 0.417. The lowest BCUT2D eigenvalue weighted by atomic mass is 10.0. The maximum Gasteiger partial charge on any atom is 0.404 e. The van der Waals surface area contributed by atoms with Crippen molar-refractivity contribution in [3.05, 3.63) is 35.4 Å². The van der Waals surface area contributed by atoms with Crippen molar-refractivity contribution in [1.82, 2.24) is 5.32 Å². The zero-order chi connectivity index (χ0) is 12.1. The number of nitrogens with one attached hydrogen (secondary N) is 1. The fourth-order valence-corrected chi connectivity index (χ4v) is 1.62. The third-order valence-corrected chi connectivity index (χ3v) is 2.39. The van der Waals surface area contributed by atoms with E-state index in [9.17, 15) is 4.79 Å². The number of carbonyl (C=O) groups is 1. The maximum atomic E-state index is 10.4. The van der Waals surface area contributed by atoms with Crippen LogP contribution in [-0.4, -0.2) is 17.2 Å². The van der Waals surface area contributed by atoms with Crippen molar-refractivity contribution >= 4 is 6.09 Å². The van der Waals surface area contributed by atoms with Gasteiger partial charge in [0.05, 0.1) is 0 Å². The van der Waals surface area contributed by atoms with Crippen molar-refractivity contribution in [3.63, 3.8) is 0 Å². The molecule has 0 fully saturated rings. The van der Waals surface area contributed by atoms with Gasteiger partial charge in [0.25, 0.3) is 0 Å². The Morgan fingerprint density at radius 2 is 2.19 bits per heavy atom. The van der Waals surface area contributed by atoms with Crippen molar-refractivity contribution in [2.75, 3.05) is 0 Å². The molecule has 1 amide bonds. The van der Waals surface area contributed by atoms with E-state index in [1.54, 1.807) is 0 Å². The summed E-state index contributed by atoms with van der Waals surface area (Å²) < 4.78 is 0. The Balaban J connectivity index is 2.66. The van der Waals surface area contributed by atoms with E-state index in [1.807, 2.05) is 38.1 Å². The molecular weight excluding hydrogens is 204 g/mol. The second-order valence-electron chi connectivity index (χ2n) is 4.09. The molecule has 0 aliphatic heterocycles. The summed E-state index contributed by atoms with van der Waals surface area (Å²) in [4.78, 5) is 10.4. The highest BCUT2D eigenvalue weighted by Crippen LogP contribution is 2.13. The Labute approximate surface area is 95.5 Å². The van der Waals surface area contributed by atoms with Crippen LogP contribution in [0.15, 0.2) is 24.3 Å². The quantitative estimate of drug-likeness (QED) is 0.728. The lowest BCUT2D eigenvalue weighted by Crippen LogP contribution is -2.32. The van der Waals surface area contributed by atoms with Crippen LogP contribution in [0, 0.1) is 0 Å². The smallest absolute Gasteiger partial charge is 0.404 e. The molecule has 0 spiro atoms. The van der Waals surface area contributed by atoms with Gasteiger partial charge < -0.3 is 16.2 Å². The Morgan fingerprint density at radius 1 is 1.50 bits per heavy atom. The van der Waals surface area contributed by atoms with Crippen LogP contribution in [0.5, 0.6) is 0 Å². The molecule has 0 aliphatic carbocycles. The van der Waals surface area contributed by atoms with Crippen LogP contribution in [0.25, 0.3) is 0 Å². The minimum absolute atomic E-state index is 0.00249. The molecule has 4 N–H and O–H groups in total. The first-order chi connectivity index (χ1) is 7.49. The Morgan fingerprint density at radius 3 is 2.75 bits per heavy atom. The number of nitrogens with two attached hydrogens (primary N) is 1. The first kappa shape index (κ1) is 12.5. The minimum atomic E-state index is -0.990. The van der Waals surface area contributed by atoms with Crippen LogP contribution in [-0.2, 0) is 6.42 Å². The zero-order valence-corrected chi connectivity index (χ0v) is 9.60. The van der Waals surface area contributed by atoms with Crippen molar-refractivity contribution in [1.29, 1.82) is 0 Å². The zero-order valence-electron chi connectivity index (χ0n) is 9.60. The van der Waals surface area contributed by atoms with Crippen molar-refractivity contribution in [2.24, 2.45) is 5.73 Å². The Hall–Kier alpha value is -1.55. The van der Waals surface area contributed by atoms with Gasteiger partial charge in [0.2, 0.25) is 0 Å². The average Bonchev–Trinajstić information content (AvgIpc) is 2.16. The highest BCUT2D eigenvalue weighted by molar-refractivity contribution is 5.64. The van der Waals surface area contributed by atoms with Gasteiger partial charge in [-0.2, -0.15) is 0 Å². The second kappa shape index (κ2) is 5.51. The number of amides is 1. The monoisotopic (exact) mass is 222 g/mol. The van der Waals surface area contributed by atoms with Gasteiger partial charge in [-0.05, 0) is 31.4 Å². The summed E-state index contributed by atoms with van der Waals surface area (Å²) >= 11 is 0. The molecule has 0 aliphatic rings. The number of carboxylic acid groups (broad SMARTS) is 1. The molecule has 1 rings (SSSR count). The summed E-state index contributed by atoms with van der Waals surface area (Å²) in [7, 11) is 0. The Kier molecular flexibility index (Phi) is 4.31. The summed E-state index contributed by atoms with van der Waals surface area (Å²) in [6.07, 6.45) is -0.316. The molecule has 0 aromatic heterocycles. The topological polar surface area (TPSA) is 75.3 Å². The molecule has 0 heterocycles. The first-order valence-electron chi connectivity index (χ1n) is 5.33. The fourth-order valence-electron chi connectivity index (χ4n) is 1.62. The van der Waals surface area contributed by atoms with Crippen LogP contribution >= 0.6 is 0 Å². The maximum absolute atomic E-state index is 10.4. The van der Waals surface area contributed by atoms with Crippen molar-refractivity contribution < 1.29 is 9.90 Å². The highest BCUT2D eigenvalue weighted by Gasteiger charge is 2.07. The average molecular weight is 222 g/mol. The highest BCUT2D eigenvalue weighted by atomic mass is 16.4. The second-order valence-corrected chi connectivity index (χ2v) is 4.09. The predicted octanol–water partition coefficient (Wildman–Crippen LogP) is 1.90. The minimum Gasteiger partial charge on any atom is -0.465 e. The van der Waals surface area contributed by atoms with Crippen LogP contribution in [0.2, 0.25) is 0 Å². The third kappa shape index (κ3) is 3.90. The third-order valence-electron chi connectivity index (χ3n) is 2.39. The number of rotatable bonds is 4. The lowest BCUT2D eigenvalue weighted by molar-refractivity contribution is 0.190. The van der Waals surface area contributed by atoms with E-state index in [0.717, 1.165) is 11.1 Å². The normalized spacial score (nSPS) is 14.2. The molecule has 0 saturated heterocycles. The molecule has 0 saturated carbocycles. The van der Waals surface area contributed by atoms with Gasteiger partial charge in [0.1, 0.15) is 0 Å². The molecule has 4 heteroatoms. The molecule has 1 aromatic rings. The van der Waals surface area contributed by atoms with E-state index in [-0.39, 0.29) is 12.1 Å². The number of benzene rings is 1. The summed E-state index contributed by atoms with van der Waals surface area (Å²) in [5.74, 6) is 0. The van der Waals surface area contributed by atoms with Crippen molar-refractivity contribution in [2.45, 2.75) is 32.4 Å². The summed E-state index contributed by atoms with van der Waals surface area (Å²) in [6.45, 7) is 3.77. The van der Waals surface area contributed by atoms with Gasteiger partial charge in [-0.15, -0.1) is 0 Å². The standard InChI is InChI=1S/C12H18N2O2/c1-8(14-12(15)16)6-10-4-3-5-11(7-10)9(2)13/h3-5,7-9,14H,6,13H2,1-2H3,(H,15,16)/t8?,9-/m0/s1. The van der Waals surface area contributed by atoms with Crippen LogP contribution in [0.3, 0.4) is 0 Å². The first-order valence-corrected chi connectivity index (χ1v) is 5.33. The van der Waals surface area contributed by atoms with E-state index < -0.39 is 6.09 Å². The molecule has 2 atom stereocenters. The molecule has 4 nitrogen and oxygen atoms in total. The summed E-state index contributed by atoms with van der Waals surface area (Å²) in [5, 5.41) is 11.0. The molecule has 88 valence electrons. The van der Waals surface area contributed by atoms with Crippen LogP contribution in [0.1, 0.15) is 31.0 Å². The molecule has 1 unspecified atom stereocenters. The van der Waals surface area contributed by atoms with Gasteiger partial charge in [-0.3, -0.25) is 0 Å². The number of hydrogen-bond donors (Lipinski definition) is 3. The van der Waals surface area contributed by atoms with E-state index in [0.29, 0.717) is 6.42 Å². The van der Waals surface area contributed by atoms with Gasteiger partial charge in [0.15, 0.2) is 0 Å². The van der Waals surface area contributed by atoms with Gasteiger partial charge in [0, 0.05) is 12.1 Å². The van der Waals surface area contributed by atoms with Gasteiger partial charge >= 0.3 is 6.09 Å². The molecule has 16 heavy (non-hydrogen) atoms.